The molecule has 5 unspecified atom stereocenters. The second-order valence-electron chi connectivity index (χ2n) is 26.2. The van der Waals surface area contributed by atoms with Gasteiger partial charge in [0.2, 0.25) is 0 Å². The standard InChI is InChI=1S/C10H20O.2C8H16O.3C7H14O.C6H12O.C5H12O.C4H10O.2C2H6O/c1-9(2)6-7-10(3,4)8(9)11-5;1-8(2)6-4-5-7(8)9-3;1-7-4-3-5-8(7)6-9-2;1-6-4-3-5-7(6)8-2;1-8-6-7-4-2-3-5-7;1-8-7-5-3-2-4-6-7;1-7-6-4-2-3-5-6;1-5(2,3)6-4;1-4(2)5-3;2*1-3-2/h8H,6-7H2,1-5H3;7H,4-6H2,1-3H3;7-8H,3-6H2,1-2H3;6-7H,3-5H2,1-2H3;2*7H,2-6H2,1H3;6H,2-5H2,1H3;1-4H3;4H,1-3H3;2*1-2H3. The van der Waals surface area contributed by atoms with E-state index < -0.39 is 0 Å². The van der Waals surface area contributed by atoms with Crippen molar-refractivity contribution in [2.45, 2.75) is 286 Å². The maximum absolute atomic E-state index is 5.54. The van der Waals surface area contributed by atoms with E-state index in [0.29, 0.717) is 52.9 Å². The van der Waals surface area contributed by atoms with Gasteiger partial charge in [0, 0.05) is 106 Å². The Labute approximate surface area is 482 Å². The van der Waals surface area contributed by atoms with Crippen LogP contribution in [0.3, 0.4) is 0 Å². The predicted octanol–water partition coefficient (Wildman–Crippen LogP) is 17.3. The molecule has 470 valence electrons. The van der Waals surface area contributed by atoms with E-state index in [4.69, 9.17) is 42.6 Å². The number of hydrogen-bond donors (Lipinski definition) is 0. The average Bonchev–Trinajstić information content (AvgIpc) is 4.28. The zero-order chi connectivity index (χ0) is 59.9. The van der Waals surface area contributed by atoms with Gasteiger partial charge in [-0.25, -0.2) is 0 Å². The smallest absolute Gasteiger partial charge is 0.0673 e. The summed E-state index contributed by atoms with van der Waals surface area (Å²) in [6.45, 7) is 30.4. The Morgan fingerprint density at radius 1 is 0.416 bits per heavy atom. The molecule has 0 aromatic heterocycles. The van der Waals surface area contributed by atoms with E-state index in [1.54, 1.807) is 64.0 Å². The van der Waals surface area contributed by atoms with E-state index in [-0.39, 0.29) is 5.60 Å². The van der Waals surface area contributed by atoms with Crippen LogP contribution in [0.5, 0.6) is 0 Å². The van der Waals surface area contributed by atoms with Crippen LogP contribution < -0.4 is 0 Å². The number of hydrogen-bond acceptors (Lipinski definition) is 11. The summed E-state index contributed by atoms with van der Waals surface area (Å²) in [6, 6.07) is 0. The second kappa shape index (κ2) is 51.2. The zero-order valence-electron chi connectivity index (χ0n) is 56.6. The molecule has 0 heterocycles. The van der Waals surface area contributed by atoms with Crippen molar-refractivity contribution >= 4 is 0 Å². The summed E-state index contributed by atoms with van der Waals surface area (Å²) in [7, 11) is 22.6. The summed E-state index contributed by atoms with van der Waals surface area (Å²) >= 11 is 0. The molecule has 77 heavy (non-hydrogen) atoms. The van der Waals surface area contributed by atoms with Crippen LogP contribution in [0.1, 0.15) is 244 Å². The molecular formula is C66H140O11. The minimum Gasteiger partial charge on any atom is -0.388 e. The Balaban J connectivity index is -0.000000387. The zero-order valence-corrected chi connectivity index (χ0v) is 56.6. The SMILES string of the molecule is COC.COC.COC(C)(C)C.COC(C)C.COC1C(C)(C)CCC1(C)C.COC1CCCC1.COC1CCCC1(C)C.COC1CCCC1C.COC1CCCCC1.COCC1CCCC1.COCC1CCCC1C. The van der Waals surface area contributed by atoms with Crippen LogP contribution in [-0.2, 0) is 52.1 Å². The van der Waals surface area contributed by atoms with Crippen LogP contribution in [0.15, 0.2) is 0 Å². The molecule has 7 fully saturated rings. The highest BCUT2D eigenvalue weighted by Gasteiger charge is 2.47. The van der Waals surface area contributed by atoms with Crippen molar-refractivity contribution in [1.29, 1.82) is 0 Å². The van der Waals surface area contributed by atoms with Crippen LogP contribution >= 0.6 is 0 Å². The summed E-state index contributed by atoms with van der Waals surface area (Å²) in [6.07, 6.45) is 35.5. The minimum absolute atomic E-state index is 0.0417. The molecule has 7 aliphatic rings. The van der Waals surface area contributed by atoms with Crippen LogP contribution in [0.25, 0.3) is 0 Å². The van der Waals surface area contributed by atoms with Crippen molar-refractivity contribution in [2.24, 2.45) is 39.9 Å². The second-order valence-corrected chi connectivity index (χ2v) is 26.2. The molecular weight excluding hydrogens is 969 g/mol. The average molecular weight is 1110 g/mol. The highest BCUT2D eigenvalue weighted by molar-refractivity contribution is 4.97. The maximum Gasteiger partial charge on any atom is 0.0673 e. The van der Waals surface area contributed by atoms with Gasteiger partial charge in [0.15, 0.2) is 0 Å². The molecule has 7 saturated carbocycles. The Morgan fingerprint density at radius 3 is 1.05 bits per heavy atom. The number of rotatable bonds is 10. The van der Waals surface area contributed by atoms with E-state index in [9.17, 15) is 0 Å². The first-order chi connectivity index (χ1) is 36.2. The molecule has 0 aromatic rings. The third kappa shape index (κ3) is 45.7. The topological polar surface area (TPSA) is 102 Å². The van der Waals surface area contributed by atoms with E-state index in [1.165, 1.54) is 154 Å². The Hall–Kier alpha value is -0.440. The van der Waals surface area contributed by atoms with Gasteiger partial charge in [0.05, 0.1) is 42.2 Å². The van der Waals surface area contributed by atoms with Gasteiger partial charge in [-0.2, -0.15) is 0 Å². The van der Waals surface area contributed by atoms with Crippen LogP contribution in [-0.4, -0.2) is 148 Å². The van der Waals surface area contributed by atoms with Gasteiger partial charge in [0.25, 0.3) is 0 Å². The third-order valence-electron chi connectivity index (χ3n) is 16.5. The quantitative estimate of drug-likeness (QED) is 0.209. The van der Waals surface area contributed by atoms with Crippen molar-refractivity contribution in [3.8, 4) is 0 Å². The fraction of sp³-hybridized carbons (Fsp3) is 1.00. The molecule has 0 spiro atoms. The summed E-state index contributed by atoms with van der Waals surface area (Å²) in [4.78, 5) is 0. The molecule has 0 aromatic carbocycles. The minimum atomic E-state index is 0.0417. The van der Waals surface area contributed by atoms with E-state index in [0.717, 1.165) is 36.9 Å². The first kappa shape index (κ1) is 83.0. The van der Waals surface area contributed by atoms with E-state index >= 15 is 0 Å². The van der Waals surface area contributed by atoms with Gasteiger partial charge in [-0.15, -0.1) is 0 Å². The van der Waals surface area contributed by atoms with Crippen LogP contribution in [0.2, 0.25) is 0 Å². The highest BCUT2D eigenvalue weighted by Crippen LogP contribution is 2.50. The molecule has 11 nitrogen and oxygen atoms in total. The van der Waals surface area contributed by atoms with Crippen molar-refractivity contribution in [3.05, 3.63) is 0 Å². The molecule has 11 heteroatoms. The number of ether oxygens (including phenoxy) is 11. The lowest BCUT2D eigenvalue weighted by atomic mass is 9.81. The lowest BCUT2D eigenvalue weighted by Crippen LogP contribution is -2.35. The first-order valence-electron chi connectivity index (χ1n) is 30.7. The third-order valence-corrected chi connectivity index (χ3v) is 16.5. The van der Waals surface area contributed by atoms with Gasteiger partial charge in [-0.05, 0) is 158 Å². The molecule has 5 atom stereocenters. The predicted molar refractivity (Wildman–Crippen MR) is 330 cm³/mol. The van der Waals surface area contributed by atoms with E-state index in [1.807, 2.05) is 63.1 Å². The van der Waals surface area contributed by atoms with Gasteiger partial charge in [0.1, 0.15) is 0 Å². The van der Waals surface area contributed by atoms with Gasteiger partial charge >= 0.3 is 0 Å². The Kier molecular flexibility index (Phi) is 55.2. The molecule has 0 amide bonds. The first-order valence-corrected chi connectivity index (χ1v) is 30.7. The molecule has 0 bridgehead atoms. The van der Waals surface area contributed by atoms with Crippen molar-refractivity contribution in [1.82, 2.24) is 0 Å². The summed E-state index contributed by atoms with van der Waals surface area (Å²) in [5, 5.41) is 0. The summed E-state index contributed by atoms with van der Waals surface area (Å²) < 4.78 is 54.7. The van der Waals surface area contributed by atoms with Crippen LogP contribution in [0.4, 0.5) is 0 Å². The summed E-state index contributed by atoms with van der Waals surface area (Å²) in [5.41, 5.74) is 1.23. The molecule has 0 radical (unpaired) electrons. The monoisotopic (exact) mass is 1110 g/mol. The van der Waals surface area contributed by atoms with Gasteiger partial charge < -0.3 is 52.1 Å². The van der Waals surface area contributed by atoms with Crippen molar-refractivity contribution in [2.75, 3.05) is 106 Å². The fourth-order valence-electron chi connectivity index (χ4n) is 11.3. The maximum atomic E-state index is 5.54. The van der Waals surface area contributed by atoms with Gasteiger partial charge in [-0.1, -0.05) is 126 Å². The summed E-state index contributed by atoms with van der Waals surface area (Å²) in [5.74, 6) is 3.46. The Bertz CT molecular complexity index is 1170. The van der Waals surface area contributed by atoms with Crippen molar-refractivity contribution < 1.29 is 52.1 Å². The normalized spacial score (nSPS) is 25.1. The molecule has 0 N–H and O–H groups in total. The largest absolute Gasteiger partial charge is 0.388 e. The molecule has 7 aliphatic carbocycles. The number of methoxy groups -OCH3 is 11. The highest BCUT2D eigenvalue weighted by atomic mass is 16.5. The lowest BCUT2D eigenvalue weighted by Gasteiger charge is -2.33. The fourth-order valence-corrected chi connectivity index (χ4v) is 11.3. The molecule has 7 rings (SSSR count). The Morgan fingerprint density at radius 2 is 0.818 bits per heavy atom. The van der Waals surface area contributed by atoms with Crippen LogP contribution in [0, 0.1) is 39.9 Å². The molecule has 0 saturated heterocycles. The molecule has 0 aliphatic heterocycles. The van der Waals surface area contributed by atoms with Gasteiger partial charge in [-0.3, -0.25) is 0 Å². The van der Waals surface area contributed by atoms with Crippen molar-refractivity contribution in [3.63, 3.8) is 0 Å². The lowest BCUT2D eigenvalue weighted by molar-refractivity contribution is -0.0291. The van der Waals surface area contributed by atoms with E-state index in [2.05, 4.69) is 64.9 Å².